The van der Waals surface area contributed by atoms with Gasteiger partial charge in [0.05, 0.1) is 5.75 Å². The minimum atomic E-state index is -3.29. The van der Waals surface area contributed by atoms with Crippen molar-refractivity contribution in [3.8, 4) is 0 Å². The lowest BCUT2D eigenvalue weighted by molar-refractivity contribution is -0.137. The summed E-state index contributed by atoms with van der Waals surface area (Å²) < 4.78 is 23.8. The first-order valence-electron chi connectivity index (χ1n) is 4.17. The zero-order valence-corrected chi connectivity index (χ0v) is 8.96. The van der Waals surface area contributed by atoms with Gasteiger partial charge < -0.3 is 5.11 Å². The van der Waals surface area contributed by atoms with Crippen molar-refractivity contribution in [2.75, 3.05) is 19.3 Å². The third-order valence-electron chi connectivity index (χ3n) is 1.67. The van der Waals surface area contributed by atoms with E-state index >= 15 is 0 Å². The van der Waals surface area contributed by atoms with Gasteiger partial charge in [0, 0.05) is 20.0 Å². The van der Waals surface area contributed by atoms with Gasteiger partial charge in [-0.1, -0.05) is 6.08 Å². The van der Waals surface area contributed by atoms with E-state index in [2.05, 4.69) is 6.58 Å². The number of carbonyl (C=O) groups is 1. The summed E-state index contributed by atoms with van der Waals surface area (Å²) in [6.07, 6.45) is 1.61. The van der Waals surface area contributed by atoms with Crippen molar-refractivity contribution in [2.45, 2.75) is 12.8 Å². The number of hydrogen-bond acceptors (Lipinski definition) is 3. The summed E-state index contributed by atoms with van der Waals surface area (Å²) in [6.45, 7) is 3.56. The number of nitrogens with zero attached hydrogens (tertiary/aromatic N) is 1. The molecule has 0 rings (SSSR count). The van der Waals surface area contributed by atoms with Crippen LogP contribution in [0.5, 0.6) is 0 Å². The van der Waals surface area contributed by atoms with Crippen molar-refractivity contribution >= 4 is 16.0 Å². The number of carboxylic acid groups (broad SMARTS) is 1. The quantitative estimate of drug-likeness (QED) is 0.627. The first-order chi connectivity index (χ1) is 6.40. The highest BCUT2D eigenvalue weighted by atomic mass is 32.2. The Morgan fingerprint density at radius 1 is 1.57 bits per heavy atom. The molecule has 0 aliphatic heterocycles. The summed E-state index contributed by atoms with van der Waals surface area (Å²) in [5.74, 6) is -1.03. The largest absolute Gasteiger partial charge is 0.481 e. The van der Waals surface area contributed by atoms with E-state index in [1.807, 2.05) is 0 Å². The van der Waals surface area contributed by atoms with Gasteiger partial charge in [-0.15, -0.1) is 6.58 Å². The molecule has 6 heteroatoms. The van der Waals surface area contributed by atoms with Crippen molar-refractivity contribution in [3.05, 3.63) is 12.7 Å². The molecular weight excluding hydrogens is 206 g/mol. The van der Waals surface area contributed by atoms with E-state index in [1.54, 1.807) is 0 Å². The molecule has 14 heavy (non-hydrogen) atoms. The molecule has 5 nitrogen and oxygen atoms in total. The minimum absolute atomic E-state index is 0.0199. The van der Waals surface area contributed by atoms with Crippen molar-refractivity contribution in [2.24, 2.45) is 0 Å². The number of aliphatic carboxylic acids is 1. The van der Waals surface area contributed by atoms with E-state index in [-0.39, 0.29) is 18.7 Å². The molecule has 0 heterocycles. The van der Waals surface area contributed by atoms with Crippen LogP contribution in [0.2, 0.25) is 0 Å². The monoisotopic (exact) mass is 221 g/mol. The molecule has 82 valence electrons. The van der Waals surface area contributed by atoms with Crippen molar-refractivity contribution < 1.29 is 18.3 Å². The number of sulfonamides is 1. The van der Waals surface area contributed by atoms with Gasteiger partial charge in [-0.05, 0) is 6.42 Å². The van der Waals surface area contributed by atoms with Crippen LogP contribution in [0.4, 0.5) is 0 Å². The topological polar surface area (TPSA) is 74.7 Å². The molecule has 0 spiro atoms. The van der Waals surface area contributed by atoms with Crippen molar-refractivity contribution in [1.29, 1.82) is 0 Å². The lowest BCUT2D eigenvalue weighted by Crippen LogP contribution is -2.29. The Bertz CT molecular complexity index is 296. The molecule has 0 aromatic carbocycles. The highest BCUT2D eigenvalue weighted by Gasteiger charge is 2.15. The molecule has 1 N–H and O–H groups in total. The van der Waals surface area contributed by atoms with Crippen LogP contribution in [-0.4, -0.2) is 43.1 Å². The Labute approximate surface area is 84.1 Å². The van der Waals surface area contributed by atoms with Crippen molar-refractivity contribution in [3.63, 3.8) is 0 Å². The lowest BCUT2D eigenvalue weighted by Gasteiger charge is -2.14. The molecule has 0 fully saturated rings. The van der Waals surface area contributed by atoms with Crippen LogP contribution in [0.3, 0.4) is 0 Å². The van der Waals surface area contributed by atoms with E-state index in [0.29, 0.717) is 6.42 Å². The highest BCUT2D eigenvalue weighted by molar-refractivity contribution is 7.89. The normalized spacial score (nSPS) is 11.6. The summed E-state index contributed by atoms with van der Waals surface area (Å²) in [7, 11) is -1.85. The Morgan fingerprint density at radius 3 is 2.57 bits per heavy atom. The Balaban J connectivity index is 4.01. The second-order valence-electron chi connectivity index (χ2n) is 2.89. The fourth-order valence-electron chi connectivity index (χ4n) is 0.868. The number of hydrogen-bond donors (Lipinski definition) is 1. The van der Waals surface area contributed by atoms with Gasteiger partial charge >= 0.3 is 5.97 Å². The van der Waals surface area contributed by atoms with Gasteiger partial charge in [0.1, 0.15) is 0 Å². The predicted molar refractivity (Wildman–Crippen MR) is 53.5 cm³/mol. The standard InChI is InChI=1S/C8H15NO4S/c1-3-7-14(12,13)9(2)6-4-5-8(10)11/h3H,1,4-7H2,2H3,(H,10,11). The summed E-state index contributed by atoms with van der Waals surface area (Å²) in [4.78, 5) is 10.2. The molecule has 0 aromatic heterocycles. The third kappa shape index (κ3) is 4.98. The second-order valence-corrected chi connectivity index (χ2v) is 5.01. The third-order valence-corrected chi connectivity index (χ3v) is 3.46. The maximum Gasteiger partial charge on any atom is 0.303 e. The Hall–Kier alpha value is -0.880. The molecule has 0 saturated heterocycles. The first-order valence-corrected chi connectivity index (χ1v) is 5.77. The van der Waals surface area contributed by atoms with Gasteiger partial charge in [0.25, 0.3) is 0 Å². The molecule has 0 bridgehead atoms. The Morgan fingerprint density at radius 2 is 2.14 bits per heavy atom. The summed E-state index contributed by atoms with van der Waals surface area (Å²) in [6, 6.07) is 0. The van der Waals surface area contributed by atoms with Crippen LogP contribution in [0.25, 0.3) is 0 Å². The van der Waals surface area contributed by atoms with Crippen molar-refractivity contribution in [1.82, 2.24) is 4.31 Å². The van der Waals surface area contributed by atoms with Crippen LogP contribution in [-0.2, 0) is 14.8 Å². The van der Waals surface area contributed by atoms with E-state index in [4.69, 9.17) is 5.11 Å². The zero-order chi connectivity index (χ0) is 11.2. The SMILES string of the molecule is C=CCS(=O)(=O)N(C)CCCC(=O)O. The second kappa shape index (κ2) is 5.77. The zero-order valence-electron chi connectivity index (χ0n) is 8.14. The molecule has 0 aliphatic rings. The maximum absolute atomic E-state index is 11.3. The molecule has 0 aromatic rings. The fraction of sp³-hybridized carbons (Fsp3) is 0.625. The van der Waals surface area contributed by atoms with Gasteiger partial charge in [-0.2, -0.15) is 0 Å². The van der Waals surface area contributed by atoms with E-state index < -0.39 is 16.0 Å². The van der Waals surface area contributed by atoms with E-state index in [1.165, 1.54) is 13.1 Å². The molecule has 0 saturated carbocycles. The van der Waals surface area contributed by atoms with Gasteiger partial charge in [-0.25, -0.2) is 12.7 Å². The number of rotatable bonds is 7. The Kier molecular flexibility index (Phi) is 5.40. The molecule has 0 radical (unpaired) electrons. The first kappa shape index (κ1) is 13.1. The fourth-order valence-corrected chi connectivity index (χ4v) is 1.83. The van der Waals surface area contributed by atoms with Crippen LogP contribution >= 0.6 is 0 Å². The summed E-state index contributed by atoms with van der Waals surface area (Å²) in [5, 5.41) is 8.35. The summed E-state index contributed by atoms with van der Waals surface area (Å²) in [5.41, 5.74) is 0. The van der Waals surface area contributed by atoms with Gasteiger partial charge in [0.15, 0.2) is 0 Å². The average Bonchev–Trinajstić information content (AvgIpc) is 2.03. The lowest BCUT2D eigenvalue weighted by atomic mass is 10.3. The maximum atomic E-state index is 11.3. The van der Waals surface area contributed by atoms with Crippen LogP contribution in [0, 0.1) is 0 Å². The molecule has 0 amide bonds. The molecule has 0 unspecified atom stereocenters. The molecule has 0 atom stereocenters. The van der Waals surface area contributed by atoms with Gasteiger partial charge in [0.2, 0.25) is 10.0 Å². The number of carboxylic acids is 1. The molecular formula is C8H15NO4S. The van der Waals surface area contributed by atoms with Crippen LogP contribution < -0.4 is 0 Å². The van der Waals surface area contributed by atoms with Crippen LogP contribution in [0.1, 0.15) is 12.8 Å². The van der Waals surface area contributed by atoms with Gasteiger partial charge in [-0.3, -0.25) is 4.79 Å². The van der Waals surface area contributed by atoms with E-state index in [9.17, 15) is 13.2 Å². The average molecular weight is 221 g/mol. The van der Waals surface area contributed by atoms with Crippen LogP contribution in [0.15, 0.2) is 12.7 Å². The smallest absolute Gasteiger partial charge is 0.303 e. The molecule has 0 aliphatic carbocycles. The van der Waals surface area contributed by atoms with E-state index in [0.717, 1.165) is 4.31 Å². The highest BCUT2D eigenvalue weighted by Crippen LogP contribution is 2.01. The predicted octanol–water partition coefficient (Wildman–Crippen LogP) is 0.299. The minimum Gasteiger partial charge on any atom is -0.481 e. The summed E-state index contributed by atoms with van der Waals surface area (Å²) >= 11 is 0.